The minimum atomic E-state index is -0.616. The van der Waals surface area contributed by atoms with Crippen LogP contribution in [0.4, 0.5) is 5.69 Å². The van der Waals surface area contributed by atoms with E-state index in [-0.39, 0.29) is 11.7 Å². The summed E-state index contributed by atoms with van der Waals surface area (Å²) in [4.78, 5) is 12.9. The Labute approximate surface area is 156 Å². The first-order valence-electron chi connectivity index (χ1n) is 8.37. The summed E-state index contributed by atoms with van der Waals surface area (Å²) in [6.07, 6.45) is 0.439. The number of benzene rings is 2. The molecule has 0 aliphatic rings. The number of methoxy groups -OCH3 is 2. The Bertz CT molecular complexity index is 911. The minimum absolute atomic E-state index is 0.251. The van der Waals surface area contributed by atoms with E-state index in [2.05, 4.69) is 25.9 Å². The summed E-state index contributed by atoms with van der Waals surface area (Å²) in [6, 6.07) is 13.1. The molecule has 2 aromatic carbocycles. The molecule has 1 N–H and O–H groups in total. The lowest BCUT2D eigenvalue weighted by Gasteiger charge is -2.18. The van der Waals surface area contributed by atoms with Crippen molar-refractivity contribution in [2.75, 3.05) is 19.5 Å². The molecule has 1 aromatic heterocycles. The average molecular weight is 366 g/mol. The average Bonchev–Trinajstić information content (AvgIpc) is 3.20. The Balaban J connectivity index is 1.83. The smallest absolute Gasteiger partial charge is 0.232 e. The standard InChI is InChI=1S/C19H21N5O3/c1-12-5-4-6-13(9-12)10-15(18-21-23-24-22-18)19(25)20-14-7-8-16(26-2)17(11-14)27-3/h4-9,11,15H,10H2,1-3H3,(H2,20,21,22,23,24,25)/p-1/t15-/m1/s1. The number of rotatable bonds is 7. The molecule has 0 fully saturated rings. The highest BCUT2D eigenvalue weighted by molar-refractivity contribution is 5.95. The molecule has 8 nitrogen and oxygen atoms in total. The normalized spacial score (nSPS) is 11.7. The zero-order valence-corrected chi connectivity index (χ0v) is 15.3. The van der Waals surface area contributed by atoms with Crippen molar-refractivity contribution in [3.05, 3.63) is 59.4 Å². The van der Waals surface area contributed by atoms with Crippen LogP contribution in [0, 0.1) is 6.92 Å². The molecule has 1 atom stereocenters. The number of hydrogen-bond acceptors (Lipinski definition) is 6. The maximum atomic E-state index is 12.9. The fourth-order valence-corrected chi connectivity index (χ4v) is 2.81. The second kappa shape index (κ2) is 8.31. The number of carbonyl (C=O) groups is 1. The van der Waals surface area contributed by atoms with Gasteiger partial charge in [-0.3, -0.25) is 15.1 Å². The van der Waals surface area contributed by atoms with E-state index in [1.807, 2.05) is 31.2 Å². The molecular formula is C19H20N5O3-. The largest absolute Gasteiger partial charge is 0.493 e. The van der Waals surface area contributed by atoms with E-state index < -0.39 is 5.92 Å². The minimum Gasteiger partial charge on any atom is -0.493 e. The SMILES string of the molecule is COc1ccc(NC(=O)[C@H](Cc2cccc(C)c2)c2nnn[n-]2)cc1OC. The first-order chi connectivity index (χ1) is 13.1. The molecular weight excluding hydrogens is 346 g/mol. The summed E-state index contributed by atoms with van der Waals surface area (Å²) in [5.41, 5.74) is 2.71. The fraction of sp³-hybridized carbons (Fsp3) is 0.263. The first kappa shape index (κ1) is 18.4. The van der Waals surface area contributed by atoms with Crippen molar-refractivity contribution in [1.29, 1.82) is 0 Å². The molecule has 0 unspecified atom stereocenters. The van der Waals surface area contributed by atoms with Crippen LogP contribution in [0.5, 0.6) is 11.5 Å². The molecule has 3 rings (SSSR count). The number of anilines is 1. The van der Waals surface area contributed by atoms with Crippen LogP contribution in [0.15, 0.2) is 42.5 Å². The molecule has 0 spiro atoms. The predicted molar refractivity (Wildman–Crippen MR) is 98.9 cm³/mol. The highest BCUT2D eigenvalue weighted by atomic mass is 16.5. The quantitative estimate of drug-likeness (QED) is 0.683. The van der Waals surface area contributed by atoms with Gasteiger partial charge in [-0.25, -0.2) is 0 Å². The lowest BCUT2D eigenvalue weighted by Crippen LogP contribution is -2.24. The predicted octanol–water partition coefficient (Wildman–Crippen LogP) is 2.12. The highest BCUT2D eigenvalue weighted by Crippen LogP contribution is 2.30. The van der Waals surface area contributed by atoms with E-state index in [9.17, 15) is 4.79 Å². The van der Waals surface area contributed by atoms with Crippen LogP contribution in [0.3, 0.4) is 0 Å². The molecule has 1 heterocycles. The van der Waals surface area contributed by atoms with Crippen LogP contribution in [0.1, 0.15) is 22.9 Å². The van der Waals surface area contributed by atoms with Crippen molar-refractivity contribution in [3.63, 3.8) is 0 Å². The Morgan fingerprint density at radius 2 is 1.96 bits per heavy atom. The Morgan fingerprint density at radius 1 is 1.15 bits per heavy atom. The Kier molecular flexibility index (Phi) is 5.65. The van der Waals surface area contributed by atoms with Gasteiger partial charge >= 0.3 is 0 Å². The van der Waals surface area contributed by atoms with Gasteiger partial charge in [0.1, 0.15) is 0 Å². The van der Waals surface area contributed by atoms with Gasteiger partial charge in [-0.15, -0.1) is 0 Å². The van der Waals surface area contributed by atoms with Gasteiger partial charge in [0.05, 0.1) is 20.1 Å². The van der Waals surface area contributed by atoms with Gasteiger partial charge in [0.2, 0.25) is 5.91 Å². The summed E-state index contributed by atoms with van der Waals surface area (Å²) >= 11 is 0. The number of carbonyl (C=O) groups excluding carboxylic acids is 1. The van der Waals surface area contributed by atoms with Crippen molar-refractivity contribution < 1.29 is 14.3 Å². The number of aryl methyl sites for hydroxylation is 1. The second-order valence-electron chi connectivity index (χ2n) is 6.04. The molecule has 0 aliphatic carbocycles. The van der Waals surface area contributed by atoms with Gasteiger partial charge in [0, 0.05) is 17.6 Å². The highest BCUT2D eigenvalue weighted by Gasteiger charge is 2.21. The third-order valence-electron chi connectivity index (χ3n) is 4.14. The number of aromatic nitrogens is 4. The third kappa shape index (κ3) is 4.41. The second-order valence-corrected chi connectivity index (χ2v) is 6.04. The number of nitrogens with zero attached hydrogens (tertiary/aromatic N) is 4. The zero-order valence-electron chi connectivity index (χ0n) is 15.3. The number of hydrogen-bond donors (Lipinski definition) is 1. The third-order valence-corrected chi connectivity index (χ3v) is 4.14. The van der Waals surface area contributed by atoms with Crippen LogP contribution in [0.25, 0.3) is 0 Å². The lowest BCUT2D eigenvalue weighted by atomic mass is 9.96. The molecule has 1 amide bonds. The van der Waals surface area contributed by atoms with E-state index in [4.69, 9.17) is 9.47 Å². The van der Waals surface area contributed by atoms with Crippen LogP contribution in [-0.2, 0) is 11.2 Å². The molecule has 140 valence electrons. The zero-order chi connectivity index (χ0) is 19.2. The van der Waals surface area contributed by atoms with Gasteiger partial charge in [0.25, 0.3) is 0 Å². The lowest BCUT2D eigenvalue weighted by molar-refractivity contribution is -0.117. The Morgan fingerprint density at radius 3 is 2.63 bits per heavy atom. The van der Waals surface area contributed by atoms with Gasteiger partial charge in [0.15, 0.2) is 11.5 Å². The molecule has 27 heavy (non-hydrogen) atoms. The van der Waals surface area contributed by atoms with E-state index in [0.717, 1.165) is 11.1 Å². The number of amides is 1. The number of nitrogens with one attached hydrogen (secondary N) is 1. The van der Waals surface area contributed by atoms with E-state index in [0.29, 0.717) is 23.6 Å². The topological polar surface area (TPSA) is 100 Å². The van der Waals surface area contributed by atoms with Gasteiger partial charge in [-0.1, -0.05) is 29.8 Å². The van der Waals surface area contributed by atoms with E-state index >= 15 is 0 Å². The van der Waals surface area contributed by atoms with Crippen LogP contribution >= 0.6 is 0 Å². The summed E-state index contributed by atoms with van der Waals surface area (Å²) in [5.74, 6) is 0.529. The molecule has 0 bridgehead atoms. The fourth-order valence-electron chi connectivity index (χ4n) is 2.81. The molecule has 8 heteroatoms. The number of ether oxygens (including phenoxy) is 2. The van der Waals surface area contributed by atoms with Crippen LogP contribution < -0.4 is 19.9 Å². The van der Waals surface area contributed by atoms with Crippen molar-refractivity contribution in [2.45, 2.75) is 19.3 Å². The molecule has 0 saturated heterocycles. The first-order valence-corrected chi connectivity index (χ1v) is 8.37. The van der Waals surface area contributed by atoms with Crippen molar-refractivity contribution in [3.8, 4) is 11.5 Å². The van der Waals surface area contributed by atoms with E-state index in [1.54, 1.807) is 32.4 Å². The molecule has 0 aliphatic heterocycles. The molecule has 0 saturated carbocycles. The van der Waals surface area contributed by atoms with Crippen molar-refractivity contribution in [2.24, 2.45) is 0 Å². The summed E-state index contributed by atoms with van der Waals surface area (Å²) in [6.45, 7) is 2.00. The Hall–Kier alpha value is -3.42. The monoisotopic (exact) mass is 366 g/mol. The van der Waals surface area contributed by atoms with Crippen LogP contribution in [-0.4, -0.2) is 35.7 Å². The van der Waals surface area contributed by atoms with Gasteiger partial charge < -0.3 is 19.9 Å². The maximum absolute atomic E-state index is 12.9. The van der Waals surface area contributed by atoms with Crippen molar-refractivity contribution in [1.82, 2.24) is 20.6 Å². The molecule has 0 radical (unpaired) electrons. The maximum Gasteiger partial charge on any atom is 0.232 e. The molecule has 3 aromatic rings. The summed E-state index contributed by atoms with van der Waals surface area (Å²) < 4.78 is 10.5. The van der Waals surface area contributed by atoms with Gasteiger partial charge in [-0.2, -0.15) is 5.21 Å². The van der Waals surface area contributed by atoms with Crippen molar-refractivity contribution >= 4 is 11.6 Å². The van der Waals surface area contributed by atoms with E-state index in [1.165, 1.54) is 0 Å². The number of tetrazole rings is 1. The van der Waals surface area contributed by atoms with Crippen LogP contribution in [0.2, 0.25) is 0 Å². The summed E-state index contributed by atoms with van der Waals surface area (Å²) in [7, 11) is 3.10. The van der Waals surface area contributed by atoms with Gasteiger partial charge in [-0.05, 0) is 31.0 Å². The summed E-state index contributed by atoms with van der Waals surface area (Å²) in [5, 5.41) is 17.7.